The number of aromatic nitrogens is 2. The quantitative estimate of drug-likeness (QED) is 0.353. The molecule has 0 unspecified atom stereocenters. The van der Waals surface area contributed by atoms with Crippen molar-refractivity contribution in [3.8, 4) is 11.8 Å². The molecule has 16 heavy (non-hydrogen) atoms. The Morgan fingerprint density at radius 1 is 1.56 bits per heavy atom. The summed E-state index contributed by atoms with van der Waals surface area (Å²) >= 11 is 11.3. The highest BCUT2D eigenvalue weighted by molar-refractivity contribution is 6.32. The fraction of sp³-hybridized carbons (Fsp3) is 0.300. The Labute approximate surface area is 103 Å². The maximum absolute atomic E-state index is 11.0. The van der Waals surface area contributed by atoms with E-state index in [0.29, 0.717) is 12.2 Å². The van der Waals surface area contributed by atoms with Crippen LogP contribution in [-0.2, 0) is 9.53 Å². The predicted molar refractivity (Wildman–Crippen MR) is 60.2 cm³/mol. The first kappa shape index (κ1) is 12.8. The van der Waals surface area contributed by atoms with Crippen LogP contribution in [0, 0.1) is 11.8 Å². The van der Waals surface area contributed by atoms with Crippen LogP contribution in [0.2, 0.25) is 10.4 Å². The minimum atomic E-state index is -0.374. The van der Waals surface area contributed by atoms with Crippen LogP contribution in [0.5, 0.6) is 0 Å². The van der Waals surface area contributed by atoms with Crippen LogP contribution in [0.1, 0.15) is 18.9 Å². The van der Waals surface area contributed by atoms with Crippen LogP contribution in [-0.4, -0.2) is 22.5 Å². The largest absolute Gasteiger partial charge is 0.465 e. The van der Waals surface area contributed by atoms with Crippen molar-refractivity contribution < 1.29 is 9.53 Å². The molecule has 1 aromatic rings. The molecule has 0 spiro atoms. The molecule has 4 nitrogen and oxygen atoms in total. The minimum absolute atomic E-state index is 0.00674. The van der Waals surface area contributed by atoms with E-state index in [1.54, 1.807) is 6.92 Å². The van der Waals surface area contributed by atoms with E-state index in [0.717, 1.165) is 0 Å². The molecule has 0 atom stereocenters. The highest BCUT2D eigenvalue weighted by atomic mass is 35.5. The second kappa shape index (κ2) is 6.31. The van der Waals surface area contributed by atoms with Crippen molar-refractivity contribution in [2.45, 2.75) is 13.3 Å². The van der Waals surface area contributed by atoms with Gasteiger partial charge in [-0.3, -0.25) is 4.79 Å². The number of hydrogen-bond acceptors (Lipinski definition) is 4. The standard InChI is InChI=1S/C10H8Cl2N2O2/c1-2-16-8(15)5-3-4-7-6-13-10(12)14-9(7)11/h6H,2,5H2,1H3. The van der Waals surface area contributed by atoms with Gasteiger partial charge in [0, 0.05) is 6.20 Å². The Morgan fingerprint density at radius 3 is 2.94 bits per heavy atom. The third-order valence-electron chi connectivity index (χ3n) is 1.47. The molecule has 1 heterocycles. The summed E-state index contributed by atoms with van der Waals surface area (Å²) in [5.74, 6) is 4.90. The van der Waals surface area contributed by atoms with Gasteiger partial charge in [-0.05, 0) is 18.5 Å². The number of esters is 1. The highest BCUT2D eigenvalue weighted by Gasteiger charge is 2.01. The summed E-state index contributed by atoms with van der Waals surface area (Å²) in [6.07, 6.45) is 1.41. The van der Waals surface area contributed by atoms with Gasteiger partial charge in [0.15, 0.2) is 0 Å². The summed E-state index contributed by atoms with van der Waals surface area (Å²) < 4.78 is 4.70. The lowest BCUT2D eigenvalue weighted by Crippen LogP contribution is -2.01. The first-order chi connectivity index (χ1) is 7.63. The van der Waals surface area contributed by atoms with Crippen molar-refractivity contribution in [3.05, 3.63) is 22.2 Å². The number of halogens is 2. The summed E-state index contributed by atoms with van der Waals surface area (Å²) in [5.41, 5.74) is 0.426. The number of hydrogen-bond donors (Lipinski definition) is 0. The zero-order chi connectivity index (χ0) is 12.0. The molecule has 0 aliphatic rings. The topological polar surface area (TPSA) is 52.1 Å². The lowest BCUT2D eigenvalue weighted by Gasteiger charge is -1.95. The smallest absolute Gasteiger partial charge is 0.317 e. The second-order valence-electron chi connectivity index (χ2n) is 2.63. The molecule has 0 aliphatic heterocycles. The zero-order valence-corrected chi connectivity index (χ0v) is 9.97. The van der Waals surface area contributed by atoms with Crippen molar-refractivity contribution >= 4 is 29.2 Å². The third-order valence-corrected chi connectivity index (χ3v) is 1.94. The lowest BCUT2D eigenvalue weighted by molar-refractivity contribution is -0.141. The van der Waals surface area contributed by atoms with Gasteiger partial charge >= 0.3 is 5.97 Å². The van der Waals surface area contributed by atoms with Crippen LogP contribution < -0.4 is 0 Å². The van der Waals surface area contributed by atoms with Crippen LogP contribution in [0.4, 0.5) is 0 Å². The molecule has 0 aliphatic carbocycles. The normalized spacial score (nSPS) is 9.19. The molecule has 0 N–H and O–H groups in total. The second-order valence-corrected chi connectivity index (χ2v) is 3.32. The van der Waals surface area contributed by atoms with Crippen molar-refractivity contribution in [3.63, 3.8) is 0 Å². The van der Waals surface area contributed by atoms with Gasteiger partial charge in [0.05, 0.1) is 12.2 Å². The number of nitrogens with zero attached hydrogens (tertiary/aromatic N) is 2. The van der Waals surface area contributed by atoms with Gasteiger partial charge in [-0.25, -0.2) is 9.97 Å². The fourth-order valence-corrected chi connectivity index (χ4v) is 1.20. The average molecular weight is 259 g/mol. The Kier molecular flexibility index (Phi) is 5.03. The van der Waals surface area contributed by atoms with Crippen molar-refractivity contribution in [1.29, 1.82) is 0 Å². The molecule has 1 rings (SSSR count). The molecule has 0 fully saturated rings. The summed E-state index contributed by atoms with van der Waals surface area (Å²) in [5, 5.41) is 0.220. The monoisotopic (exact) mass is 258 g/mol. The van der Waals surface area contributed by atoms with Crippen LogP contribution in [0.3, 0.4) is 0 Å². The van der Waals surface area contributed by atoms with Crippen molar-refractivity contribution in [1.82, 2.24) is 9.97 Å². The number of carbonyl (C=O) groups is 1. The van der Waals surface area contributed by atoms with Crippen molar-refractivity contribution in [2.75, 3.05) is 6.61 Å². The molecular formula is C10H8Cl2N2O2. The van der Waals surface area contributed by atoms with Gasteiger partial charge in [-0.1, -0.05) is 23.4 Å². The summed E-state index contributed by atoms with van der Waals surface area (Å²) in [6.45, 7) is 2.07. The molecular weight excluding hydrogens is 251 g/mol. The first-order valence-electron chi connectivity index (χ1n) is 4.46. The summed E-state index contributed by atoms with van der Waals surface area (Å²) in [7, 11) is 0. The fourth-order valence-electron chi connectivity index (χ4n) is 0.849. The molecule has 6 heteroatoms. The molecule has 0 saturated heterocycles. The van der Waals surface area contributed by atoms with E-state index in [2.05, 4.69) is 21.8 Å². The molecule has 0 aromatic carbocycles. The molecule has 0 bridgehead atoms. The van der Waals surface area contributed by atoms with E-state index < -0.39 is 0 Å². The van der Waals surface area contributed by atoms with Gasteiger partial charge in [0.1, 0.15) is 11.6 Å². The zero-order valence-electron chi connectivity index (χ0n) is 8.46. The number of rotatable bonds is 2. The Hall–Kier alpha value is -1.31. The van der Waals surface area contributed by atoms with E-state index in [-0.39, 0.29) is 22.8 Å². The maximum Gasteiger partial charge on any atom is 0.317 e. The summed E-state index contributed by atoms with van der Waals surface area (Å²) in [6, 6.07) is 0. The molecule has 0 saturated carbocycles. The van der Waals surface area contributed by atoms with Crippen LogP contribution in [0.15, 0.2) is 6.20 Å². The van der Waals surface area contributed by atoms with E-state index in [1.807, 2.05) is 0 Å². The van der Waals surface area contributed by atoms with Crippen LogP contribution in [0.25, 0.3) is 0 Å². The Bertz CT molecular complexity index is 452. The van der Waals surface area contributed by atoms with Gasteiger partial charge in [-0.2, -0.15) is 0 Å². The summed E-state index contributed by atoms with van der Waals surface area (Å²) in [4.78, 5) is 18.4. The average Bonchev–Trinajstić information content (AvgIpc) is 2.22. The van der Waals surface area contributed by atoms with E-state index in [9.17, 15) is 4.79 Å². The van der Waals surface area contributed by atoms with Crippen LogP contribution >= 0.6 is 23.2 Å². The SMILES string of the molecule is CCOC(=O)CC#Cc1cnc(Cl)nc1Cl. The van der Waals surface area contributed by atoms with Crippen molar-refractivity contribution in [2.24, 2.45) is 0 Å². The molecule has 84 valence electrons. The van der Waals surface area contributed by atoms with Gasteiger partial charge in [0.25, 0.3) is 0 Å². The predicted octanol–water partition coefficient (Wildman–Crippen LogP) is 2.09. The number of carbonyl (C=O) groups excluding carboxylic acids is 1. The van der Waals surface area contributed by atoms with E-state index >= 15 is 0 Å². The van der Waals surface area contributed by atoms with Gasteiger partial charge in [-0.15, -0.1) is 0 Å². The molecule has 0 radical (unpaired) electrons. The Morgan fingerprint density at radius 2 is 2.31 bits per heavy atom. The lowest BCUT2D eigenvalue weighted by atomic mass is 10.3. The molecule has 0 amide bonds. The van der Waals surface area contributed by atoms with Gasteiger partial charge < -0.3 is 4.74 Å². The minimum Gasteiger partial charge on any atom is -0.465 e. The van der Waals surface area contributed by atoms with E-state index in [4.69, 9.17) is 27.9 Å². The third kappa shape index (κ3) is 4.05. The van der Waals surface area contributed by atoms with E-state index in [1.165, 1.54) is 6.20 Å². The highest BCUT2D eigenvalue weighted by Crippen LogP contribution is 2.12. The Balaban J connectivity index is 2.66. The van der Waals surface area contributed by atoms with Gasteiger partial charge in [0.2, 0.25) is 5.28 Å². The maximum atomic E-state index is 11.0. The first-order valence-corrected chi connectivity index (χ1v) is 5.21. The number of ether oxygens (including phenoxy) is 1. The molecule has 1 aromatic heterocycles.